The molecule has 4 nitrogen and oxygen atoms in total. The summed E-state index contributed by atoms with van der Waals surface area (Å²) in [5, 5.41) is 11.8. The van der Waals surface area contributed by atoms with Gasteiger partial charge in [-0.1, -0.05) is 6.92 Å². The molecular weight excluding hydrogens is 200 g/mol. The van der Waals surface area contributed by atoms with Gasteiger partial charge in [-0.05, 0) is 37.9 Å². The minimum Gasteiger partial charge on any atom is -0.355 e. The van der Waals surface area contributed by atoms with Gasteiger partial charge in [0.1, 0.15) is 0 Å². The van der Waals surface area contributed by atoms with E-state index in [0.29, 0.717) is 0 Å². The third-order valence-corrected chi connectivity index (χ3v) is 2.94. The second kappa shape index (κ2) is 5.80. The molecule has 0 aliphatic carbocycles. The zero-order valence-electron chi connectivity index (χ0n) is 9.95. The first-order valence-corrected chi connectivity index (χ1v) is 6.18. The Kier molecular flexibility index (Phi) is 4.10. The molecule has 1 aromatic heterocycles. The summed E-state index contributed by atoms with van der Waals surface area (Å²) >= 11 is 0. The van der Waals surface area contributed by atoms with Crippen LogP contribution >= 0.6 is 0 Å². The summed E-state index contributed by atoms with van der Waals surface area (Å²) in [6.45, 7) is 6.12. The van der Waals surface area contributed by atoms with Crippen LogP contribution in [0.25, 0.3) is 0 Å². The summed E-state index contributed by atoms with van der Waals surface area (Å²) < 4.78 is 0. The van der Waals surface area contributed by atoms with Gasteiger partial charge in [0.15, 0.2) is 5.82 Å². The average Bonchev–Trinajstić information content (AvgIpc) is 2.38. The highest BCUT2D eigenvalue weighted by Gasteiger charge is 2.11. The fourth-order valence-electron chi connectivity index (χ4n) is 1.99. The molecule has 0 saturated carbocycles. The summed E-state index contributed by atoms with van der Waals surface area (Å²) in [7, 11) is 0. The number of nitrogens with one attached hydrogen (secondary N) is 1. The van der Waals surface area contributed by atoms with Gasteiger partial charge >= 0.3 is 0 Å². The smallest absolute Gasteiger partial charge is 0.151 e. The molecule has 2 heterocycles. The van der Waals surface area contributed by atoms with Gasteiger partial charge in [-0.15, -0.1) is 5.10 Å². The van der Waals surface area contributed by atoms with E-state index < -0.39 is 0 Å². The van der Waals surface area contributed by atoms with Crippen LogP contribution in [-0.4, -0.2) is 29.8 Å². The minimum absolute atomic E-state index is 0.809. The monoisotopic (exact) mass is 220 g/mol. The predicted octanol–water partition coefficient (Wildman–Crippen LogP) is 1.58. The van der Waals surface area contributed by atoms with Crippen LogP contribution in [0.5, 0.6) is 0 Å². The van der Waals surface area contributed by atoms with Crippen molar-refractivity contribution in [3.8, 4) is 0 Å². The van der Waals surface area contributed by atoms with Gasteiger partial charge in [0, 0.05) is 19.6 Å². The largest absolute Gasteiger partial charge is 0.355 e. The maximum Gasteiger partial charge on any atom is 0.151 e. The lowest BCUT2D eigenvalue weighted by Crippen LogP contribution is -2.30. The zero-order chi connectivity index (χ0) is 11.2. The number of rotatable bonds is 4. The van der Waals surface area contributed by atoms with Crippen molar-refractivity contribution in [3.05, 3.63) is 17.8 Å². The van der Waals surface area contributed by atoms with Gasteiger partial charge in [0.2, 0.25) is 0 Å². The van der Waals surface area contributed by atoms with E-state index in [9.17, 15) is 0 Å². The lowest BCUT2D eigenvalue weighted by atomic mass is 10.1. The number of hydrogen-bond donors (Lipinski definition) is 1. The highest BCUT2D eigenvalue weighted by molar-refractivity contribution is 5.37. The molecule has 1 N–H and O–H groups in total. The van der Waals surface area contributed by atoms with E-state index in [1.807, 2.05) is 0 Å². The van der Waals surface area contributed by atoms with Crippen molar-refractivity contribution >= 4 is 5.82 Å². The Labute approximate surface area is 97.1 Å². The molecule has 1 aromatic rings. The molecule has 0 aromatic carbocycles. The first-order valence-electron chi connectivity index (χ1n) is 6.18. The molecular formula is C12H20N4. The summed E-state index contributed by atoms with van der Waals surface area (Å²) in [6.07, 6.45) is 3.91. The normalized spacial score (nSPS) is 16.4. The second-order valence-corrected chi connectivity index (χ2v) is 4.21. The van der Waals surface area contributed by atoms with Crippen LogP contribution in [0.4, 0.5) is 5.82 Å². The zero-order valence-corrected chi connectivity index (χ0v) is 9.95. The Morgan fingerprint density at radius 3 is 2.62 bits per heavy atom. The third kappa shape index (κ3) is 2.92. The van der Waals surface area contributed by atoms with E-state index >= 15 is 0 Å². The Hall–Kier alpha value is -1.16. The van der Waals surface area contributed by atoms with Crippen LogP contribution in [0.1, 0.15) is 31.9 Å². The molecule has 2 rings (SSSR count). The topological polar surface area (TPSA) is 41.0 Å². The van der Waals surface area contributed by atoms with E-state index in [1.54, 1.807) is 0 Å². The number of hydrogen-bond acceptors (Lipinski definition) is 4. The summed E-state index contributed by atoms with van der Waals surface area (Å²) in [5.74, 6) is 1.03. The molecule has 0 bridgehead atoms. The van der Waals surface area contributed by atoms with Crippen LogP contribution in [-0.2, 0) is 6.54 Å². The molecule has 1 fully saturated rings. The third-order valence-electron chi connectivity index (χ3n) is 2.94. The van der Waals surface area contributed by atoms with Crippen molar-refractivity contribution in [1.82, 2.24) is 15.5 Å². The highest BCUT2D eigenvalue weighted by atomic mass is 15.3. The van der Waals surface area contributed by atoms with Crippen LogP contribution in [0.15, 0.2) is 12.1 Å². The lowest BCUT2D eigenvalue weighted by Gasteiger charge is -2.27. The fourth-order valence-corrected chi connectivity index (χ4v) is 1.99. The molecule has 4 heteroatoms. The van der Waals surface area contributed by atoms with Crippen molar-refractivity contribution < 1.29 is 0 Å². The quantitative estimate of drug-likeness (QED) is 0.836. The predicted molar refractivity (Wildman–Crippen MR) is 65.5 cm³/mol. The Bertz CT molecular complexity index is 303. The van der Waals surface area contributed by atoms with E-state index in [1.165, 1.54) is 19.3 Å². The molecule has 1 saturated heterocycles. The molecule has 0 atom stereocenters. The molecule has 0 radical (unpaired) electrons. The molecule has 16 heavy (non-hydrogen) atoms. The number of aromatic nitrogens is 2. The summed E-state index contributed by atoms with van der Waals surface area (Å²) in [5.41, 5.74) is 1.02. The van der Waals surface area contributed by atoms with Crippen molar-refractivity contribution in [2.75, 3.05) is 24.5 Å². The highest BCUT2D eigenvalue weighted by Crippen LogP contribution is 2.16. The summed E-state index contributed by atoms with van der Waals surface area (Å²) in [4.78, 5) is 2.33. The first kappa shape index (κ1) is 11.3. The van der Waals surface area contributed by atoms with Crippen molar-refractivity contribution in [2.24, 2.45) is 0 Å². The van der Waals surface area contributed by atoms with Crippen LogP contribution in [0.2, 0.25) is 0 Å². The lowest BCUT2D eigenvalue weighted by molar-refractivity contribution is 0.570. The molecule has 1 aliphatic heterocycles. The fraction of sp³-hybridized carbons (Fsp3) is 0.667. The molecule has 0 amide bonds. The van der Waals surface area contributed by atoms with E-state index in [2.05, 4.69) is 39.5 Å². The average molecular weight is 220 g/mol. The Morgan fingerprint density at radius 2 is 2.00 bits per heavy atom. The van der Waals surface area contributed by atoms with Crippen LogP contribution in [0, 0.1) is 0 Å². The SMILES string of the molecule is CCNCc1ccc(N2CCCCC2)nn1. The molecule has 88 valence electrons. The number of piperidine rings is 1. The Morgan fingerprint density at radius 1 is 1.19 bits per heavy atom. The number of anilines is 1. The van der Waals surface area contributed by atoms with E-state index in [4.69, 9.17) is 0 Å². The maximum atomic E-state index is 4.29. The minimum atomic E-state index is 0.809. The molecule has 0 unspecified atom stereocenters. The van der Waals surface area contributed by atoms with Gasteiger partial charge < -0.3 is 10.2 Å². The van der Waals surface area contributed by atoms with Crippen LogP contribution in [0.3, 0.4) is 0 Å². The van der Waals surface area contributed by atoms with Gasteiger partial charge in [-0.25, -0.2) is 0 Å². The van der Waals surface area contributed by atoms with Crippen molar-refractivity contribution in [2.45, 2.75) is 32.7 Å². The Balaban J connectivity index is 1.95. The first-order chi connectivity index (χ1) is 7.90. The summed E-state index contributed by atoms with van der Waals surface area (Å²) in [6, 6.07) is 4.16. The second-order valence-electron chi connectivity index (χ2n) is 4.21. The van der Waals surface area contributed by atoms with Crippen LogP contribution < -0.4 is 10.2 Å². The van der Waals surface area contributed by atoms with Crippen molar-refractivity contribution in [1.29, 1.82) is 0 Å². The van der Waals surface area contributed by atoms with Gasteiger partial charge in [0.05, 0.1) is 5.69 Å². The molecule has 1 aliphatic rings. The van der Waals surface area contributed by atoms with Gasteiger partial charge in [-0.2, -0.15) is 5.10 Å². The molecule has 0 spiro atoms. The van der Waals surface area contributed by atoms with Gasteiger partial charge in [-0.3, -0.25) is 0 Å². The maximum absolute atomic E-state index is 4.29. The van der Waals surface area contributed by atoms with E-state index in [-0.39, 0.29) is 0 Å². The van der Waals surface area contributed by atoms with Gasteiger partial charge in [0.25, 0.3) is 0 Å². The van der Waals surface area contributed by atoms with E-state index in [0.717, 1.165) is 37.7 Å². The standard InChI is InChI=1S/C12H20N4/c1-2-13-10-11-6-7-12(15-14-11)16-8-4-3-5-9-16/h6-7,13H,2-5,8-10H2,1H3. The van der Waals surface area contributed by atoms with Crippen molar-refractivity contribution in [3.63, 3.8) is 0 Å². The number of nitrogens with zero attached hydrogens (tertiary/aromatic N) is 3.